The maximum absolute atomic E-state index is 12.5. The van der Waals surface area contributed by atoms with Gasteiger partial charge in [-0.3, -0.25) is 10.2 Å². The SMILES string of the molecule is CC1CNNC1NC(=O)c1ccccc1Cn1cncn1. The van der Waals surface area contributed by atoms with Gasteiger partial charge in [-0.15, -0.1) is 0 Å². The van der Waals surface area contributed by atoms with E-state index in [0.717, 1.165) is 12.1 Å². The molecule has 0 radical (unpaired) electrons. The van der Waals surface area contributed by atoms with Gasteiger partial charge in [-0.05, 0) is 11.6 Å². The first-order chi connectivity index (χ1) is 10.2. The quantitative estimate of drug-likeness (QED) is 0.744. The van der Waals surface area contributed by atoms with Gasteiger partial charge >= 0.3 is 0 Å². The molecule has 110 valence electrons. The van der Waals surface area contributed by atoms with E-state index in [2.05, 4.69) is 33.2 Å². The van der Waals surface area contributed by atoms with E-state index in [0.29, 0.717) is 18.0 Å². The minimum absolute atomic E-state index is 0.0584. The van der Waals surface area contributed by atoms with E-state index in [-0.39, 0.29) is 12.1 Å². The van der Waals surface area contributed by atoms with Crippen molar-refractivity contribution in [2.75, 3.05) is 6.54 Å². The number of aromatic nitrogens is 3. The second-order valence-corrected chi connectivity index (χ2v) is 5.20. The molecule has 7 nitrogen and oxygen atoms in total. The van der Waals surface area contributed by atoms with E-state index in [4.69, 9.17) is 0 Å². The molecule has 2 atom stereocenters. The molecule has 0 spiro atoms. The molecule has 1 aromatic carbocycles. The summed E-state index contributed by atoms with van der Waals surface area (Å²) < 4.78 is 1.70. The predicted molar refractivity (Wildman–Crippen MR) is 77.1 cm³/mol. The second kappa shape index (κ2) is 6.02. The van der Waals surface area contributed by atoms with Crippen molar-refractivity contribution in [1.29, 1.82) is 0 Å². The smallest absolute Gasteiger partial charge is 0.252 e. The summed E-state index contributed by atoms with van der Waals surface area (Å²) in [7, 11) is 0. The van der Waals surface area contributed by atoms with E-state index in [1.165, 1.54) is 6.33 Å². The van der Waals surface area contributed by atoms with Crippen molar-refractivity contribution in [3.05, 3.63) is 48.0 Å². The maximum Gasteiger partial charge on any atom is 0.252 e. The Morgan fingerprint density at radius 1 is 1.48 bits per heavy atom. The number of hydrogen-bond acceptors (Lipinski definition) is 5. The van der Waals surface area contributed by atoms with Crippen LogP contribution in [0.25, 0.3) is 0 Å². The zero-order chi connectivity index (χ0) is 14.7. The van der Waals surface area contributed by atoms with Crippen LogP contribution in [0.5, 0.6) is 0 Å². The molecule has 0 aliphatic carbocycles. The summed E-state index contributed by atoms with van der Waals surface area (Å²) in [5, 5.41) is 7.09. The zero-order valence-electron chi connectivity index (χ0n) is 11.8. The molecule has 1 saturated heterocycles. The number of nitrogens with one attached hydrogen (secondary N) is 3. The summed E-state index contributed by atoms with van der Waals surface area (Å²) in [6.07, 6.45) is 3.06. The number of benzene rings is 1. The van der Waals surface area contributed by atoms with Crippen LogP contribution >= 0.6 is 0 Å². The predicted octanol–water partition coefficient (Wildman–Crippen LogP) is 0.126. The first-order valence-electron chi connectivity index (χ1n) is 6.93. The summed E-state index contributed by atoms with van der Waals surface area (Å²) in [5.74, 6) is 0.259. The highest BCUT2D eigenvalue weighted by Crippen LogP contribution is 2.12. The van der Waals surface area contributed by atoms with Crippen molar-refractivity contribution in [3.8, 4) is 0 Å². The van der Waals surface area contributed by atoms with Crippen molar-refractivity contribution in [2.24, 2.45) is 5.92 Å². The van der Waals surface area contributed by atoms with Crippen molar-refractivity contribution >= 4 is 5.91 Å². The van der Waals surface area contributed by atoms with Crippen LogP contribution in [0, 0.1) is 5.92 Å². The highest BCUT2D eigenvalue weighted by Gasteiger charge is 2.25. The van der Waals surface area contributed by atoms with Gasteiger partial charge in [-0.1, -0.05) is 25.1 Å². The number of hydrogen-bond donors (Lipinski definition) is 3. The minimum Gasteiger partial charge on any atom is -0.335 e. The van der Waals surface area contributed by atoms with Crippen molar-refractivity contribution in [2.45, 2.75) is 19.6 Å². The Kier molecular flexibility index (Phi) is 3.94. The van der Waals surface area contributed by atoms with Crippen molar-refractivity contribution < 1.29 is 4.79 Å². The Balaban J connectivity index is 1.76. The number of amides is 1. The van der Waals surface area contributed by atoms with Crippen LogP contribution in [0.4, 0.5) is 0 Å². The van der Waals surface area contributed by atoms with Crippen molar-refractivity contribution in [3.63, 3.8) is 0 Å². The second-order valence-electron chi connectivity index (χ2n) is 5.20. The molecule has 0 bridgehead atoms. The lowest BCUT2D eigenvalue weighted by atomic mass is 10.1. The molecular weight excluding hydrogens is 268 g/mol. The van der Waals surface area contributed by atoms with Crippen LogP contribution in [0.15, 0.2) is 36.9 Å². The highest BCUT2D eigenvalue weighted by molar-refractivity contribution is 5.95. The van der Waals surface area contributed by atoms with Crippen LogP contribution in [0.1, 0.15) is 22.8 Å². The van der Waals surface area contributed by atoms with Gasteiger partial charge in [0.05, 0.1) is 12.7 Å². The molecule has 3 N–H and O–H groups in total. The summed E-state index contributed by atoms with van der Waals surface area (Å²) in [6.45, 7) is 3.44. The number of nitrogens with zero attached hydrogens (tertiary/aromatic N) is 3. The molecule has 0 saturated carbocycles. The van der Waals surface area contributed by atoms with Gasteiger partial charge in [0.25, 0.3) is 5.91 Å². The van der Waals surface area contributed by atoms with Gasteiger partial charge in [-0.25, -0.2) is 15.1 Å². The average molecular weight is 286 g/mol. The largest absolute Gasteiger partial charge is 0.335 e. The molecule has 1 fully saturated rings. The van der Waals surface area contributed by atoms with Gasteiger partial charge in [0, 0.05) is 18.0 Å². The molecule has 2 heterocycles. The summed E-state index contributed by atoms with van der Waals surface area (Å²) in [5.41, 5.74) is 7.68. The Morgan fingerprint density at radius 3 is 3.05 bits per heavy atom. The maximum atomic E-state index is 12.5. The van der Waals surface area contributed by atoms with Gasteiger partial charge in [0.15, 0.2) is 0 Å². The number of hydrazine groups is 1. The van der Waals surface area contributed by atoms with E-state index in [1.807, 2.05) is 24.3 Å². The third kappa shape index (κ3) is 3.09. The summed E-state index contributed by atoms with van der Waals surface area (Å²) >= 11 is 0. The molecule has 1 aliphatic rings. The molecule has 7 heteroatoms. The fourth-order valence-corrected chi connectivity index (χ4v) is 2.36. The summed E-state index contributed by atoms with van der Waals surface area (Å²) in [4.78, 5) is 16.4. The monoisotopic (exact) mass is 286 g/mol. The Bertz CT molecular complexity index is 612. The van der Waals surface area contributed by atoms with Crippen LogP contribution in [0.3, 0.4) is 0 Å². The van der Waals surface area contributed by atoms with Gasteiger partial charge in [0.1, 0.15) is 12.7 Å². The molecule has 2 unspecified atom stereocenters. The fourth-order valence-electron chi connectivity index (χ4n) is 2.36. The van der Waals surface area contributed by atoms with Gasteiger partial charge in [-0.2, -0.15) is 5.10 Å². The van der Waals surface area contributed by atoms with E-state index in [9.17, 15) is 4.79 Å². The van der Waals surface area contributed by atoms with E-state index in [1.54, 1.807) is 11.0 Å². The first kappa shape index (κ1) is 13.7. The standard InChI is InChI=1S/C14H18N6O/c1-10-6-16-19-13(10)18-14(21)12-5-3-2-4-11(12)7-20-9-15-8-17-20/h2-5,8-10,13,16,19H,6-7H2,1H3,(H,18,21). The lowest BCUT2D eigenvalue weighted by Crippen LogP contribution is -2.46. The Labute approximate surface area is 122 Å². The lowest BCUT2D eigenvalue weighted by Gasteiger charge is -2.17. The number of rotatable bonds is 4. The average Bonchev–Trinajstić information content (AvgIpc) is 3.12. The summed E-state index contributed by atoms with van der Waals surface area (Å²) in [6, 6.07) is 7.54. The molecular formula is C14H18N6O. The zero-order valence-corrected chi connectivity index (χ0v) is 11.8. The molecule has 21 heavy (non-hydrogen) atoms. The Morgan fingerprint density at radius 2 is 2.33 bits per heavy atom. The third-order valence-corrected chi connectivity index (χ3v) is 3.60. The van der Waals surface area contributed by atoms with Crippen LogP contribution < -0.4 is 16.2 Å². The topological polar surface area (TPSA) is 83.9 Å². The first-order valence-corrected chi connectivity index (χ1v) is 6.93. The fraction of sp³-hybridized carbons (Fsp3) is 0.357. The van der Waals surface area contributed by atoms with Crippen LogP contribution in [-0.4, -0.2) is 33.4 Å². The Hall–Kier alpha value is -2.25. The van der Waals surface area contributed by atoms with Crippen LogP contribution in [0.2, 0.25) is 0 Å². The third-order valence-electron chi connectivity index (χ3n) is 3.60. The molecule has 3 rings (SSSR count). The molecule has 1 aromatic heterocycles. The highest BCUT2D eigenvalue weighted by atomic mass is 16.1. The number of carbonyl (C=O) groups is 1. The van der Waals surface area contributed by atoms with Crippen molar-refractivity contribution in [1.82, 2.24) is 30.9 Å². The lowest BCUT2D eigenvalue weighted by molar-refractivity contribution is 0.0923. The van der Waals surface area contributed by atoms with Gasteiger partial charge in [0.2, 0.25) is 0 Å². The van der Waals surface area contributed by atoms with Gasteiger partial charge < -0.3 is 5.32 Å². The molecule has 2 aromatic rings. The van der Waals surface area contributed by atoms with Crippen LogP contribution in [-0.2, 0) is 6.54 Å². The normalized spacial score (nSPS) is 21.4. The molecule has 1 aliphatic heterocycles. The molecule has 1 amide bonds. The van der Waals surface area contributed by atoms with E-state index < -0.39 is 0 Å². The number of carbonyl (C=O) groups excluding carboxylic acids is 1. The minimum atomic E-state index is -0.0845. The van der Waals surface area contributed by atoms with E-state index >= 15 is 0 Å².